The smallest absolute Gasteiger partial charge is 0.269 e. The number of carbonyl (C=O) groups is 1. The molecule has 31 heavy (non-hydrogen) atoms. The van der Waals surface area contributed by atoms with Gasteiger partial charge in [0.05, 0.1) is 14.7 Å². The molecule has 1 N–H and O–H groups in total. The second-order valence-electron chi connectivity index (χ2n) is 6.59. The molecule has 0 aromatic heterocycles. The Balaban J connectivity index is 1.54. The quantitative estimate of drug-likeness (QED) is 0.212. The molecule has 0 spiro atoms. The van der Waals surface area contributed by atoms with Crippen molar-refractivity contribution >= 4 is 38.9 Å². The number of sulfone groups is 1. The van der Waals surface area contributed by atoms with Gasteiger partial charge < -0.3 is 5.32 Å². The summed E-state index contributed by atoms with van der Waals surface area (Å²) in [6.07, 6.45) is 1.08. The van der Waals surface area contributed by atoms with Crippen LogP contribution in [0.4, 0.5) is 11.4 Å². The van der Waals surface area contributed by atoms with E-state index in [1.165, 1.54) is 36.4 Å². The number of rotatable bonds is 9. The molecule has 3 aromatic carbocycles. The molecule has 0 radical (unpaired) electrons. The maximum absolute atomic E-state index is 12.7. The van der Waals surface area contributed by atoms with Gasteiger partial charge in [-0.25, -0.2) is 8.42 Å². The van der Waals surface area contributed by atoms with Crippen molar-refractivity contribution in [2.24, 2.45) is 0 Å². The van der Waals surface area contributed by atoms with E-state index in [4.69, 9.17) is 0 Å². The Kier molecular flexibility index (Phi) is 7.43. The van der Waals surface area contributed by atoms with E-state index < -0.39 is 14.8 Å². The molecule has 0 bridgehead atoms. The molecule has 0 atom stereocenters. The standard InChI is InChI=1S/C22H20N2O5S2/c25-22(7-4-16-30-19-5-2-1-3-6-19)23-17-8-12-20(13-9-17)31(28,29)21-14-10-18(11-15-21)24(26)27/h1-3,5-6,8-15H,4,7,16H2,(H,23,25). The molecule has 3 rings (SSSR count). The van der Waals surface area contributed by atoms with Gasteiger partial charge in [-0.2, -0.15) is 0 Å². The largest absolute Gasteiger partial charge is 0.326 e. The number of nitrogens with zero attached hydrogens (tertiary/aromatic N) is 1. The summed E-state index contributed by atoms with van der Waals surface area (Å²) >= 11 is 1.69. The number of nitro benzene ring substituents is 1. The van der Waals surface area contributed by atoms with Gasteiger partial charge in [-0.1, -0.05) is 18.2 Å². The highest BCUT2D eigenvalue weighted by Gasteiger charge is 2.19. The van der Waals surface area contributed by atoms with E-state index in [1.807, 2.05) is 30.3 Å². The molecular weight excluding hydrogens is 436 g/mol. The van der Waals surface area contributed by atoms with Crippen molar-refractivity contribution in [2.45, 2.75) is 27.5 Å². The normalized spacial score (nSPS) is 11.1. The number of hydrogen-bond acceptors (Lipinski definition) is 6. The highest BCUT2D eigenvalue weighted by molar-refractivity contribution is 7.99. The van der Waals surface area contributed by atoms with Crippen molar-refractivity contribution < 1.29 is 18.1 Å². The van der Waals surface area contributed by atoms with Crippen LogP contribution in [0, 0.1) is 10.1 Å². The maximum atomic E-state index is 12.7. The third kappa shape index (κ3) is 6.16. The number of thioether (sulfide) groups is 1. The van der Waals surface area contributed by atoms with Crippen LogP contribution in [0.3, 0.4) is 0 Å². The van der Waals surface area contributed by atoms with Crippen molar-refractivity contribution in [3.05, 3.63) is 89.0 Å². The minimum atomic E-state index is -3.81. The van der Waals surface area contributed by atoms with Crippen molar-refractivity contribution in [2.75, 3.05) is 11.1 Å². The van der Waals surface area contributed by atoms with Crippen LogP contribution in [0.25, 0.3) is 0 Å². The molecule has 0 saturated heterocycles. The first-order valence-electron chi connectivity index (χ1n) is 9.43. The Morgan fingerprint density at radius 2 is 1.48 bits per heavy atom. The third-order valence-corrected chi connectivity index (χ3v) is 7.25. The topological polar surface area (TPSA) is 106 Å². The summed E-state index contributed by atoms with van der Waals surface area (Å²) in [5, 5.41) is 13.5. The molecule has 1 amide bonds. The second kappa shape index (κ2) is 10.2. The monoisotopic (exact) mass is 456 g/mol. The van der Waals surface area contributed by atoms with Gasteiger partial charge in [-0.3, -0.25) is 14.9 Å². The first kappa shape index (κ1) is 22.5. The lowest BCUT2D eigenvalue weighted by molar-refractivity contribution is -0.384. The van der Waals surface area contributed by atoms with E-state index in [-0.39, 0.29) is 21.4 Å². The lowest BCUT2D eigenvalue weighted by atomic mass is 10.3. The first-order chi connectivity index (χ1) is 14.9. The number of benzene rings is 3. The van der Waals surface area contributed by atoms with Crippen molar-refractivity contribution in [1.29, 1.82) is 0 Å². The van der Waals surface area contributed by atoms with Crippen LogP contribution >= 0.6 is 11.8 Å². The predicted octanol–water partition coefficient (Wildman–Crippen LogP) is 4.94. The minimum Gasteiger partial charge on any atom is -0.326 e. The first-order valence-corrected chi connectivity index (χ1v) is 11.9. The highest BCUT2D eigenvalue weighted by atomic mass is 32.2. The van der Waals surface area contributed by atoms with Crippen LogP contribution in [0.1, 0.15) is 12.8 Å². The van der Waals surface area contributed by atoms with Gasteiger partial charge in [-0.15, -0.1) is 11.8 Å². The van der Waals surface area contributed by atoms with Gasteiger partial charge >= 0.3 is 0 Å². The molecule has 3 aromatic rings. The zero-order valence-corrected chi connectivity index (χ0v) is 18.1. The maximum Gasteiger partial charge on any atom is 0.269 e. The fourth-order valence-corrected chi connectivity index (χ4v) is 4.90. The molecule has 0 saturated carbocycles. The fraction of sp³-hybridized carbons (Fsp3) is 0.136. The molecule has 0 aliphatic heterocycles. The second-order valence-corrected chi connectivity index (χ2v) is 9.71. The molecule has 0 unspecified atom stereocenters. The van der Waals surface area contributed by atoms with Gasteiger partial charge in [0.15, 0.2) is 0 Å². The number of non-ortho nitro benzene ring substituents is 1. The predicted molar refractivity (Wildman–Crippen MR) is 120 cm³/mol. The number of anilines is 1. The fourth-order valence-electron chi connectivity index (χ4n) is 2.76. The Hall–Kier alpha value is -3.17. The number of nitro groups is 1. The van der Waals surface area contributed by atoms with Crippen molar-refractivity contribution in [3.63, 3.8) is 0 Å². The summed E-state index contributed by atoms with van der Waals surface area (Å²) in [5.74, 6) is 0.684. The van der Waals surface area contributed by atoms with Crippen molar-refractivity contribution in [3.8, 4) is 0 Å². The summed E-state index contributed by atoms with van der Waals surface area (Å²) in [6, 6.07) is 20.5. The molecule has 0 heterocycles. The molecule has 160 valence electrons. The van der Waals surface area contributed by atoms with E-state index in [9.17, 15) is 23.3 Å². The van der Waals surface area contributed by atoms with Crippen LogP contribution in [-0.4, -0.2) is 25.0 Å². The SMILES string of the molecule is O=C(CCCSc1ccccc1)Nc1ccc(S(=O)(=O)c2ccc([N+](=O)[O-])cc2)cc1. The van der Waals surface area contributed by atoms with Gasteiger partial charge in [0.1, 0.15) is 0 Å². The summed E-state index contributed by atoms with van der Waals surface area (Å²) in [4.78, 5) is 23.4. The average Bonchev–Trinajstić information content (AvgIpc) is 2.78. The number of amides is 1. The number of carbonyl (C=O) groups excluding carboxylic acids is 1. The average molecular weight is 457 g/mol. The van der Waals surface area contributed by atoms with E-state index in [1.54, 1.807) is 11.8 Å². The molecule has 0 aliphatic carbocycles. The van der Waals surface area contributed by atoms with Crippen molar-refractivity contribution in [1.82, 2.24) is 0 Å². The van der Waals surface area contributed by atoms with Crippen LogP contribution < -0.4 is 5.32 Å². The number of nitrogens with one attached hydrogen (secondary N) is 1. The third-order valence-electron chi connectivity index (χ3n) is 4.37. The zero-order valence-electron chi connectivity index (χ0n) is 16.4. The lowest BCUT2D eigenvalue weighted by Crippen LogP contribution is -2.11. The summed E-state index contributed by atoms with van der Waals surface area (Å²) in [5.41, 5.74) is 0.322. The number of hydrogen-bond donors (Lipinski definition) is 1. The Morgan fingerprint density at radius 3 is 2.06 bits per heavy atom. The van der Waals surface area contributed by atoms with E-state index in [2.05, 4.69) is 5.32 Å². The Bertz CT molecular complexity index is 1150. The van der Waals surface area contributed by atoms with Gasteiger partial charge in [0, 0.05) is 29.1 Å². The molecule has 9 heteroatoms. The Labute approximate surface area is 184 Å². The van der Waals surface area contributed by atoms with Crippen LogP contribution in [0.15, 0.2) is 93.5 Å². The van der Waals surface area contributed by atoms with E-state index in [0.717, 1.165) is 29.2 Å². The van der Waals surface area contributed by atoms with Crippen LogP contribution in [0.2, 0.25) is 0 Å². The summed E-state index contributed by atoms with van der Waals surface area (Å²) in [6.45, 7) is 0. The molecule has 0 aliphatic rings. The van der Waals surface area contributed by atoms with Gasteiger partial charge in [-0.05, 0) is 60.7 Å². The van der Waals surface area contributed by atoms with E-state index in [0.29, 0.717) is 12.1 Å². The molecule has 0 fully saturated rings. The van der Waals surface area contributed by atoms with Crippen LogP contribution in [0.5, 0.6) is 0 Å². The van der Waals surface area contributed by atoms with Gasteiger partial charge in [0.2, 0.25) is 15.7 Å². The van der Waals surface area contributed by atoms with E-state index >= 15 is 0 Å². The molecule has 7 nitrogen and oxygen atoms in total. The van der Waals surface area contributed by atoms with Crippen LogP contribution in [-0.2, 0) is 14.6 Å². The lowest BCUT2D eigenvalue weighted by Gasteiger charge is -2.08. The summed E-state index contributed by atoms with van der Waals surface area (Å²) < 4.78 is 25.4. The highest BCUT2D eigenvalue weighted by Crippen LogP contribution is 2.24. The summed E-state index contributed by atoms with van der Waals surface area (Å²) in [7, 11) is -3.81. The zero-order chi connectivity index (χ0) is 22.3. The minimum absolute atomic E-state index is 0.0363. The Morgan fingerprint density at radius 1 is 0.903 bits per heavy atom. The van der Waals surface area contributed by atoms with Gasteiger partial charge in [0.25, 0.3) is 5.69 Å². The molecular formula is C22H20N2O5S2.